The van der Waals surface area contributed by atoms with Gasteiger partial charge >= 0.3 is 0 Å². The molecule has 0 aliphatic carbocycles. The molecule has 5 heavy (non-hydrogen) atoms. The van der Waals surface area contributed by atoms with Gasteiger partial charge < -0.3 is 4.89 Å². The van der Waals surface area contributed by atoms with Crippen LogP contribution >= 0.6 is 0 Å². The van der Waals surface area contributed by atoms with Crippen LogP contribution in [0.3, 0.4) is 0 Å². The second kappa shape index (κ2) is 1.78. The summed E-state index contributed by atoms with van der Waals surface area (Å²) < 4.78 is 0. The molecule has 0 fully saturated rings. The van der Waals surface area contributed by atoms with Crippen LogP contribution in [0.4, 0.5) is 4.79 Å². The van der Waals surface area contributed by atoms with Crippen molar-refractivity contribution in [3.63, 3.8) is 0 Å². The predicted molar refractivity (Wildman–Crippen MR) is 14.9 cm³/mol. The Hall–Kier alpha value is -0.505. The number of carbonyl (C=O) groups is 1. The average Bonchev–Trinajstić information content (AvgIpc) is 1.38. The molecule has 2 radical (unpaired) electrons. The van der Waals surface area contributed by atoms with Crippen molar-refractivity contribution in [2.45, 2.75) is 0 Å². The maximum Gasteiger partial charge on any atom is 0.275 e. The van der Waals surface area contributed by atoms with E-state index in [0.717, 1.165) is 0 Å². The third-order valence-electron chi connectivity index (χ3n) is 0.0900. The molecule has 0 atom stereocenters. The maximum absolute atomic E-state index is 9.12. The molecule has 0 spiro atoms. The highest BCUT2D eigenvalue weighted by atomic mass is 17.1. The summed E-state index contributed by atoms with van der Waals surface area (Å²) in [6, 6.07) is 0. The fraction of sp³-hybridized carbons (Fsp3) is 0. The first-order valence-corrected chi connectivity index (χ1v) is 0.879. The lowest BCUT2D eigenvalue weighted by molar-refractivity contribution is -0.167. The number of hydrogen-bond donors (Lipinski definition) is 1. The lowest BCUT2D eigenvalue weighted by atomic mass is 10.2. The zero-order valence-electron chi connectivity index (χ0n) is 2.34. The first kappa shape index (κ1) is 4.49. The van der Waals surface area contributed by atoms with Crippen LogP contribution in [0.5, 0.6) is 0 Å². The van der Waals surface area contributed by atoms with Gasteiger partial charge in [-0.3, -0.25) is 4.79 Å². The van der Waals surface area contributed by atoms with Crippen molar-refractivity contribution in [1.29, 1.82) is 0 Å². The Kier molecular flexibility index (Phi) is 1.60. The van der Waals surface area contributed by atoms with Crippen molar-refractivity contribution < 1.29 is 14.9 Å². The Morgan fingerprint density at radius 1 is 2.00 bits per heavy atom. The van der Waals surface area contributed by atoms with Crippen LogP contribution in [0.25, 0.3) is 0 Å². The Balaban J connectivity index is 2.85. The summed E-state index contributed by atoms with van der Waals surface area (Å²) in [7, 11) is 4.18. The molecule has 0 aromatic rings. The smallest absolute Gasteiger partial charge is 0.275 e. The van der Waals surface area contributed by atoms with Gasteiger partial charge in [-0.05, 0) is 0 Å². The third-order valence-corrected chi connectivity index (χ3v) is 0.0900. The first-order valence-electron chi connectivity index (χ1n) is 0.879. The molecule has 0 aliphatic rings. The molecule has 0 bridgehead atoms. The molecule has 0 aromatic heterocycles. The zero-order valence-corrected chi connectivity index (χ0v) is 2.34. The van der Waals surface area contributed by atoms with Crippen LogP contribution in [-0.4, -0.2) is 19.0 Å². The Bertz CT molecular complexity index is 42.2. The summed E-state index contributed by atoms with van der Waals surface area (Å²) in [4.78, 5) is 12.0. The van der Waals surface area contributed by atoms with E-state index in [9.17, 15) is 0 Å². The minimum atomic E-state index is -1.19. The molecule has 3 nitrogen and oxygen atoms in total. The molecule has 0 heterocycles. The Morgan fingerprint density at radius 2 is 2.20 bits per heavy atom. The molecular formula is CHBO3. The number of carbonyl (C=O) groups excluding carboxylic acids is 1. The fourth-order valence-corrected chi connectivity index (χ4v) is 0. The second-order valence-corrected chi connectivity index (χ2v) is 0.410. The van der Waals surface area contributed by atoms with Crippen LogP contribution < -0.4 is 0 Å². The van der Waals surface area contributed by atoms with Gasteiger partial charge in [0.25, 0.3) is 5.87 Å². The van der Waals surface area contributed by atoms with Gasteiger partial charge in [-0.15, -0.1) is 0 Å². The van der Waals surface area contributed by atoms with E-state index < -0.39 is 5.87 Å². The van der Waals surface area contributed by atoms with E-state index in [1.54, 1.807) is 0 Å². The van der Waals surface area contributed by atoms with Crippen molar-refractivity contribution in [1.82, 2.24) is 0 Å². The van der Waals surface area contributed by atoms with Gasteiger partial charge in [0.15, 0.2) is 0 Å². The standard InChI is InChI=1S/CHBO3/c2-1(3)5-4/h4H. The molecule has 0 saturated carbocycles. The largest absolute Gasteiger partial charge is 0.315 e. The normalized spacial score (nSPS) is 6.60. The summed E-state index contributed by atoms with van der Waals surface area (Å²) in [6.07, 6.45) is 0. The highest BCUT2D eigenvalue weighted by Gasteiger charge is 1.79. The van der Waals surface area contributed by atoms with Gasteiger partial charge in [-0.1, -0.05) is 0 Å². The molecule has 0 rings (SSSR count). The van der Waals surface area contributed by atoms with E-state index in [1.807, 2.05) is 0 Å². The van der Waals surface area contributed by atoms with Crippen LogP contribution in [0.1, 0.15) is 0 Å². The highest BCUT2D eigenvalue weighted by Crippen LogP contribution is 1.58. The van der Waals surface area contributed by atoms with Gasteiger partial charge in [-0.2, -0.15) is 0 Å². The molecule has 26 valence electrons. The lowest BCUT2D eigenvalue weighted by Crippen LogP contribution is -1.93. The van der Waals surface area contributed by atoms with E-state index in [2.05, 4.69) is 12.7 Å². The molecule has 0 aliphatic heterocycles. The van der Waals surface area contributed by atoms with E-state index >= 15 is 0 Å². The molecule has 0 saturated heterocycles. The molecule has 1 N–H and O–H groups in total. The van der Waals surface area contributed by atoms with Gasteiger partial charge in [0.05, 0.1) is 0 Å². The van der Waals surface area contributed by atoms with Crippen LogP contribution in [0.2, 0.25) is 0 Å². The number of rotatable bonds is 0. The summed E-state index contributed by atoms with van der Waals surface area (Å²) >= 11 is 0. The molecular weight excluding hydrogens is 70.8 g/mol. The van der Waals surface area contributed by atoms with Crippen LogP contribution in [-0.2, 0) is 4.89 Å². The van der Waals surface area contributed by atoms with Crippen molar-refractivity contribution in [3.8, 4) is 0 Å². The van der Waals surface area contributed by atoms with Crippen LogP contribution in [0, 0.1) is 0 Å². The SMILES string of the molecule is [B]C(=O)OO. The maximum atomic E-state index is 9.12. The molecule has 0 aromatic carbocycles. The van der Waals surface area contributed by atoms with Gasteiger partial charge in [0.2, 0.25) is 7.85 Å². The zero-order chi connectivity index (χ0) is 4.28. The lowest BCUT2D eigenvalue weighted by Gasteiger charge is -1.77. The van der Waals surface area contributed by atoms with E-state index in [-0.39, 0.29) is 0 Å². The van der Waals surface area contributed by atoms with Crippen molar-refractivity contribution >= 4 is 13.7 Å². The van der Waals surface area contributed by atoms with Gasteiger partial charge in [0.1, 0.15) is 0 Å². The molecule has 4 heteroatoms. The minimum Gasteiger partial charge on any atom is -0.315 e. The first-order chi connectivity index (χ1) is 2.27. The fourth-order valence-electron chi connectivity index (χ4n) is 0. The summed E-state index contributed by atoms with van der Waals surface area (Å²) in [5.41, 5.74) is 0. The predicted octanol–water partition coefficient (Wildman–Crippen LogP) is -0.236. The van der Waals surface area contributed by atoms with Crippen molar-refractivity contribution in [2.24, 2.45) is 0 Å². The summed E-state index contributed by atoms with van der Waals surface area (Å²) in [5, 5.41) is 7.17. The molecule has 0 amide bonds. The van der Waals surface area contributed by atoms with Crippen LogP contribution in [0.15, 0.2) is 0 Å². The third kappa shape index (κ3) is 3.49. The molecule has 0 unspecified atom stereocenters. The quantitative estimate of drug-likeness (QED) is 0.244. The van der Waals surface area contributed by atoms with E-state index in [0.29, 0.717) is 0 Å². The Labute approximate surface area is 29.9 Å². The van der Waals surface area contributed by atoms with Crippen molar-refractivity contribution in [3.05, 3.63) is 0 Å². The topological polar surface area (TPSA) is 46.5 Å². The number of hydrogen-bond acceptors (Lipinski definition) is 3. The minimum absolute atomic E-state index is 1.19. The van der Waals surface area contributed by atoms with E-state index in [1.165, 1.54) is 0 Å². The van der Waals surface area contributed by atoms with Gasteiger partial charge in [-0.25, -0.2) is 5.26 Å². The van der Waals surface area contributed by atoms with E-state index in [4.69, 9.17) is 10.1 Å². The monoisotopic (exact) mass is 72.0 g/mol. The average molecular weight is 71.8 g/mol. The summed E-state index contributed by atoms with van der Waals surface area (Å²) in [5.74, 6) is -1.19. The second-order valence-electron chi connectivity index (χ2n) is 0.410. The Morgan fingerprint density at radius 3 is 2.20 bits per heavy atom. The van der Waals surface area contributed by atoms with Gasteiger partial charge in [0, 0.05) is 0 Å². The summed E-state index contributed by atoms with van der Waals surface area (Å²) in [6.45, 7) is 0. The van der Waals surface area contributed by atoms with Crippen molar-refractivity contribution in [2.75, 3.05) is 0 Å². The highest BCUT2D eigenvalue weighted by molar-refractivity contribution is 6.54.